The molecule has 3 heterocycles. The number of pyridine rings is 2. The highest BCUT2D eigenvalue weighted by Crippen LogP contribution is 2.34. The number of ether oxygens (including phenoxy) is 1. The van der Waals surface area contributed by atoms with Crippen LogP contribution < -0.4 is 4.74 Å². The van der Waals surface area contributed by atoms with Crippen LogP contribution in [-0.2, 0) is 0 Å². The van der Waals surface area contributed by atoms with E-state index in [0.29, 0.717) is 0 Å². The second-order valence-corrected chi connectivity index (χ2v) is 4.86. The van der Waals surface area contributed by atoms with Gasteiger partial charge in [-0.1, -0.05) is 6.07 Å². The Morgan fingerprint density at radius 3 is 2.81 bits per heavy atom. The second kappa shape index (κ2) is 4.59. The van der Waals surface area contributed by atoms with Gasteiger partial charge in [0.15, 0.2) is 0 Å². The molecular formula is C17H13N3O. The predicted octanol–water partition coefficient (Wildman–Crippen LogP) is 3.79. The number of H-pyrrole nitrogens is 1. The van der Waals surface area contributed by atoms with Gasteiger partial charge in [0.25, 0.3) is 0 Å². The zero-order valence-electron chi connectivity index (χ0n) is 11.5. The number of nitrogens with zero attached hydrogens (tertiary/aromatic N) is 2. The summed E-state index contributed by atoms with van der Waals surface area (Å²) < 4.78 is 5.49. The van der Waals surface area contributed by atoms with Crippen LogP contribution in [0.15, 0.2) is 55.0 Å². The molecule has 102 valence electrons. The van der Waals surface area contributed by atoms with E-state index in [0.717, 1.165) is 38.8 Å². The van der Waals surface area contributed by atoms with Crippen molar-refractivity contribution < 1.29 is 4.74 Å². The summed E-state index contributed by atoms with van der Waals surface area (Å²) in [5.41, 5.74) is 3.97. The minimum absolute atomic E-state index is 0.779. The maximum Gasteiger partial charge on any atom is 0.145 e. The average Bonchev–Trinajstić information content (AvgIpc) is 2.98. The second-order valence-electron chi connectivity index (χ2n) is 4.86. The molecule has 0 aliphatic carbocycles. The number of methoxy groups -OCH3 is 1. The molecule has 0 aliphatic rings. The Kier molecular flexibility index (Phi) is 2.60. The van der Waals surface area contributed by atoms with Crippen LogP contribution in [0.1, 0.15) is 0 Å². The third-order valence-corrected chi connectivity index (χ3v) is 3.65. The van der Waals surface area contributed by atoms with Crippen LogP contribution >= 0.6 is 0 Å². The van der Waals surface area contributed by atoms with Gasteiger partial charge in [-0.3, -0.25) is 4.98 Å². The maximum atomic E-state index is 5.49. The van der Waals surface area contributed by atoms with Crippen LogP contribution in [0.25, 0.3) is 33.1 Å². The standard InChI is InChI=1S/C17H13N3O/c1-21-15-9-12(8-11-4-2-6-18-16(11)15)14-10-20-17-13(14)5-3-7-19-17/h2-10H,1H3,(H,19,20). The van der Waals surface area contributed by atoms with Gasteiger partial charge in [-0.25, -0.2) is 4.98 Å². The van der Waals surface area contributed by atoms with Crippen molar-refractivity contribution in [2.24, 2.45) is 0 Å². The van der Waals surface area contributed by atoms with E-state index < -0.39 is 0 Å². The molecule has 3 aromatic heterocycles. The topological polar surface area (TPSA) is 50.8 Å². The minimum Gasteiger partial charge on any atom is -0.494 e. The molecule has 0 unspecified atom stereocenters. The summed E-state index contributed by atoms with van der Waals surface area (Å²) in [7, 11) is 1.67. The third kappa shape index (κ3) is 1.84. The van der Waals surface area contributed by atoms with Gasteiger partial charge < -0.3 is 9.72 Å². The summed E-state index contributed by atoms with van der Waals surface area (Å²) in [6.07, 6.45) is 5.54. The van der Waals surface area contributed by atoms with Crippen molar-refractivity contribution in [1.82, 2.24) is 15.0 Å². The van der Waals surface area contributed by atoms with E-state index in [4.69, 9.17) is 4.74 Å². The van der Waals surface area contributed by atoms with E-state index in [1.54, 1.807) is 19.5 Å². The van der Waals surface area contributed by atoms with Crippen molar-refractivity contribution in [3.8, 4) is 16.9 Å². The van der Waals surface area contributed by atoms with Gasteiger partial charge in [0.1, 0.15) is 16.9 Å². The molecule has 0 spiro atoms. The highest BCUT2D eigenvalue weighted by molar-refractivity contribution is 5.97. The van der Waals surface area contributed by atoms with Crippen molar-refractivity contribution in [3.63, 3.8) is 0 Å². The molecule has 0 atom stereocenters. The van der Waals surface area contributed by atoms with Gasteiger partial charge in [0.05, 0.1) is 7.11 Å². The molecule has 0 amide bonds. The average molecular weight is 275 g/mol. The Hall–Kier alpha value is -2.88. The zero-order chi connectivity index (χ0) is 14.2. The summed E-state index contributed by atoms with van der Waals surface area (Å²) in [5, 5.41) is 2.16. The zero-order valence-corrected chi connectivity index (χ0v) is 11.5. The molecule has 0 radical (unpaired) electrons. The lowest BCUT2D eigenvalue weighted by atomic mass is 10.0. The van der Waals surface area contributed by atoms with E-state index in [1.165, 1.54) is 0 Å². The fraction of sp³-hybridized carbons (Fsp3) is 0.0588. The first-order chi connectivity index (χ1) is 10.4. The Bertz CT molecular complexity index is 943. The van der Waals surface area contributed by atoms with E-state index in [2.05, 4.69) is 27.1 Å². The van der Waals surface area contributed by atoms with Gasteiger partial charge >= 0.3 is 0 Å². The van der Waals surface area contributed by atoms with Crippen LogP contribution in [0.2, 0.25) is 0 Å². The number of aromatic nitrogens is 3. The molecular weight excluding hydrogens is 262 g/mol. The van der Waals surface area contributed by atoms with Crippen LogP contribution in [0.4, 0.5) is 0 Å². The fourth-order valence-electron chi connectivity index (χ4n) is 2.66. The molecule has 0 fully saturated rings. The van der Waals surface area contributed by atoms with Crippen LogP contribution in [0.5, 0.6) is 5.75 Å². The van der Waals surface area contributed by atoms with Gasteiger partial charge in [-0.15, -0.1) is 0 Å². The van der Waals surface area contributed by atoms with Crippen LogP contribution in [-0.4, -0.2) is 22.1 Å². The molecule has 4 nitrogen and oxygen atoms in total. The molecule has 0 aliphatic heterocycles. The molecule has 4 aromatic rings. The predicted molar refractivity (Wildman–Crippen MR) is 83.4 cm³/mol. The summed E-state index contributed by atoms with van der Waals surface area (Å²) in [6.45, 7) is 0. The first-order valence-corrected chi connectivity index (χ1v) is 6.72. The number of hydrogen-bond acceptors (Lipinski definition) is 3. The van der Waals surface area contributed by atoms with Gasteiger partial charge in [0.2, 0.25) is 0 Å². The lowest BCUT2D eigenvalue weighted by Crippen LogP contribution is -1.89. The van der Waals surface area contributed by atoms with E-state index in [-0.39, 0.29) is 0 Å². The SMILES string of the molecule is COc1cc(-c2c[nH]c3ncccc23)cc2cccnc12. The monoisotopic (exact) mass is 275 g/mol. The normalized spacial score (nSPS) is 11.1. The molecule has 4 heteroatoms. The third-order valence-electron chi connectivity index (χ3n) is 3.65. The summed E-state index contributed by atoms with van der Waals surface area (Å²) in [6, 6.07) is 12.1. The minimum atomic E-state index is 0.779. The Morgan fingerprint density at radius 1 is 1.05 bits per heavy atom. The number of rotatable bonds is 2. The fourth-order valence-corrected chi connectivity index (χ4v) is 2.66. The molecule has 0 saturated heterocycles. The Labute approximate surface area is 121 Å². The van der Waals surface area contributed by atoms with Crippen LogP contribution in [0, 0.1) is 0 Å². The summed E-state index contributed by atoms with van der Waals surface area (Å²) >= 11 is 0. The van der Waals surface area contributed by atoms with Gasteiger partial charge in [-0.2, -0.15) is 0 Å². The van der Waals surface area contributed by atoms with Crippen molar-refractivity contribution in [2.75, 3.05) is 7.11 Å². The molecule has 0 bridgehead atoms. The Morgan fingerprint density at radius 2 is 1.90 bits per heavy atom. The molecule has 4 rings (SSSR count). The summed E-state index contributed by atoms with van der Waals surface area (Å²) in [5.74, 6) is 0.779. The maximum absolute atomic E-state index is 5.49. The van der Waals surface area contributed by atoms with Crippen molar-refractivity contribution >= 4 is 21.9 Å². The van der Waals surface area contributed by atoms with Crippen LogP contribution in [0.3, 0.4) is 0 Å². The number of nitrogens with one attached hydrogen (secondary N) is 1. The molecule has 0 saturated carbocycles. The number of hydrogen-bond donors (Lipinski definition) is 1. The lowest BCUT2D eigenvalue weighted by Gasteiger charge is -2.08. The first-order valence-electron chi connectivity index (χ1n) is 6.72. The van der Waals surface area contributed by atoms with E-state index >= 15 is 0 Å². The number of benzene rings is 1. The lowest BCUT2D eigenvalue weighted by molar-refractivity contribution is 0.419. The first kappa shape index (κ1) is 11.9. The number of aromatic amines is 1. The quantitative estimate of drug-likeness (QED) is 0.605. The molecule has 1 aromatic carbocycles. The smallest absolute Gasteiger partial charge is 0.145 e. The number of fused-ring (bicyclic) bond motifs is 2. The Balaban J connectivity index is 2.02. The van der Waals surface area contributed by atoms with Crippen molar-refractivity contribution in [3.05, 3.63) is 55.0 Å². The molecule has 21 heavy (non-hydrogen) atoms. The van der Waals surface area contributed by atoms with Crippen molar-refractivity contribution in [1.29, 1.82) is 0 Å². The molecule has 1 N–H and O–H groups in total. The van der Waals surface area contributed by atoms with E-state index in [9.17, 15) is 0 Å². The van der Waals surface area contributed by atoms with E-state index in [1.807, 2.05) is 30.5 Å². The van der Waals surface area contributed by atoms with Crippen molar-refractivity contribution in [2.45, 2.75) is 0 Å². The summed E-state index contributed by atoms with van der Waals surface area (Å²) in [4.78, 5) is 11.9. The highest BCUT2D eigenvalue weighted by atomic mass is 16.5. The largest absolute Gasteiger partial charge is 0.494 e. The van der Waals surface area contributed by atoms with Gasteiger partial charge in [-0.05, 0) is 35.9 Å². The highest BCUT2D eigenvalue weighted by Gasteiger charge is 2.11. The van der Waals surface area contributed by atoms with Gasteiger partial charge in [0, 0.05) is 34.9 Å².